The molecular weight excluding hydrogens is 277 g/mol. The molecule has 2 N–H and O–H groups in total. The van der Waals surface area contributed by atoms with Crippen molar-refractivity contribution in [3.05, 3.63) is 58.9 Å². The van der Waals surface area contributed by atoms with Crippen LogP contribution in [0.25, 0.3) is 0 Å². The predicted molar refractivity (Wildman–Crippen MR) is 79.9 cm³/mol. The monoisotopic (exact) mass is 293 g/mol. The molecule has 1 unspecified atom stereocenters. The van der Waals surface area contributed by atoms with Gasteiger partial charge in [0.2, 0.25) is 0 Å². The maximum Gasteiger partial charge on any atom is 0.146 e. The number of hydrogen-bond acceptors (Lipinski definition) is 2. The van der Waals surface area contributed by atoms with Gasteiger partial charge in [-0.25, -0.2) is 4.39 Å². The van der Waals surface area contributed by atoms with Gasteiger partial charge < -0.3 is 10.5 Å². The van der Waals surface area contributed by atoms with Crippen molar-refractivity contribution in [2.24, 2.45) is 5.73 Å². The normalized spacial score (nSPS) is 12.2. The van der Waals surface area contributed by atoms with Gasteiger partial charge in [0.1, 0.15) is 17.3 Å². The minimum atomic E-state index is -0.307. The van der Waals surface area contributed by atoms with Gasteiger partial charge >= 0.3 is 0 Å². The van der Waals surface area contributed by atoms with E-state index in [-0.39, 0.29) is 11.9 Å². The van der Waals surface area contributed by atoms with Crippen molar-refractivity contribution in [3.63, 3.8) is 0 Å². The molecule has 2 nitrogen and oxygen atoms in total. The average Bonchev–Trinajstić information content (AvgIpc) is 2.44. The number of hydrogen-bond donors (Lipinski definition) is 1. The molecule has 0 aliphatic rings. The van der Waals surface area contributed by atoms with Crippen LogP contribution in [0.1, 0.15) is 18.9 Å². The summed E-state index contributed by atoms with van der Waals surface area (Å²) in [6, 6.07) is 11.8. The molecule has 0 saturated carbocycles. The number of para-hydroxylation sites is 1. The standard InChI is InChI=1S/C16H17ClFNO/c1-2-11(19)10-12-14(18)7-5-9-15(12)20-16-8-4-3-6-13(16)17/h3-9,11H,2,10,19H2,1H3. The van der Waals surface area contributed by atoms with E-state index in [1.165, 1.54) is 6.07 Å². The molecule has 0 saturated heterocycles. The maximum absolute atomic E-state index is 14.0. The molecule has 1 atom stereocenters. The Kier molecular flexibility index (Phi) is 4.99. The van der Waals surface area contributed by atoms with E-state index in [9.17, 15) is 4.39 Å². The second kappa shape index (κ2) is 6.73. The summed E-state index contributed by atoms with van der Waals surface area (Å²) in [5.41, 5.74) is 6.41. The third-order valence-corrected chi connectivity index (χ3v) is 3.44. The highest BCUT2D eigenvalue weighted by atomic mass is 35.5. The molecule has 2 rings (SSSR count). The van der Waals surface area contributed by atoms with Gasteiger partial charge in [-0.1, -0.05) is 36.7 Å². The molecule has 0 radical (unpaired) electrons. The van der Waals surface area contributed by atoms with E-state index in [0.29, 0.717) is 28.5 Å². The van der Waals surface area contributed by atoms with Gasteiger partial charge in [-0.2, -0.15) is 0 Å². The van der Waals surface area contributed by atoms with Crippen molar-refractivity contribution in [1.29, 1.82) is 0 Å². The van der Waals surface area contributed by atoms with Crippen LogP contribution in [0.15, 0.2) is 42.5 Å². The second-order valence-corrected chi connectivity index (χ2v) is 5.03. The Labute approximate surface area is 123 Å². The van der Waals surface area contributed by atoms with Crippen LogP contribution in [-0.2, 0) is 6.42 Å². The molecule has 0 fully saturated rings. The summed E-state index contributed by atoms with van der Waals surface area (Å²) in [7, 11) is 0. The van der Waals surface area contributed by atoms with E-state index in [1.807, 2.05) is 19.1 Å². The Morgan fingerprint density at radius 3 is 2.55 bits per heavy atom. The van der Waals surface area contributed by atoms with Crippen LogP contribution in [0.2, 0.25) is 5.02 Å². The third kappa shape index (κ3) is 3.50. The van der Waals surface area contributed by atoms with Crippen molar-refractivity contribution >= 4 is 11.6 Å². The highest BCUT2D eigenvalue weighted by molar-refractivity contribution is 6.32. The van der Waals surface area contributed by atoms with Gasteiger partial charge in [-0.15, -0.1) is 0 Å². The van der Waals surface area contributed by atoms with E-state index < -0.39 is 0 Å². The van der Waals surface area contributed by atoms with Gasteiger partial charge in [0.15, 0.2) is 0 Å². The van der Waals surface area contributed by atoms with Gasteiger partial charge in [-0.3, -0.25) is 0 Å². The Morgan fingerprint density at radius 1 is 1.15 bits per heavy atom. The molecule has 0 bridgehead atoms. The zero-order valence-electron chi connectivity index (χ0n) is 11.3. The summed E-state index contributed by atoms with van der Waals surface area (Å²) in [5.74, 6) is 0.659. The van der Waals surface area contributed by atoms with Crippen LogP contribution < -0.4 is 10.5 Å². The molecule has 2 aromatic rings. The first-order chi connectivity index (χ1) is 9.61. The second-order valence-electron chi connectivity index (χ2n) is 4.62. The fraction of sp³-hybridized carbons (Fsp3) is 0.250. The zero-order valence-corrected chi connectivity index (χ0v) is 12.0. The fourth-order valence-electron chi connectivity index (χ4n) is 1.89. The van der Waals surface area contributed by atoms with Crippen LogP contribution in [0.5, 0.6) is 11.5 Å². The maximum atomic E-state index is 14.0. The van der Waals surface area contributed by atoms with Crippen molar-refractivity contribution in [2.75, 3.05) is 0 Å². The largest absolute Gasteiger partial charge is 0.455 e. The number of benzene rings is 2. The Bertz CT molecular complexity index is 588. The van der Waals surface area contributed by atoms with Gasteiger partial charge in [0, 0.05) is 11.6 Å². The lowest BCUT2D eigenvalue weighted by Gasteiger charge is -2.15. The molecule has 0 aliphatic carbocycles. The van der Waals surface area contributed by atoms with Crippen LogP contribution in [0, 0.1) is 5.82 Å². The van der Waals surface area contributed by atoms with Crippen molar-refractivity contribution in [3.8, 4) is 11.5 Å². The molecule has 106 valence electrons. The molecular formula is C16H17ClFNO. The highest BCUT2D eigenvalue weighted by Crippen LogP contribution is 2.32. The lowest BCUT2D eigenvalue weighted by atomic mass is 10.0. The summed E-state index contributed by atoms with van der Waals surface area (Å²) in [6.07, 6.45) is 1.21. The van der Waals surface area contributed by atoms with E-state index in [4.69, 9.17) is 22.1 Å². The minimum Gasteiger partial charge on any atom is -0.455 e. The number of ether oxygens (including phenoxy) is 1. The third-order valence-electron chi connectivity index (χ3n) is 3.12. The van der Waals surface area contributed by atoms with Gasteiger partial charge in [0.05, 0.1) is 5.02 Å². The fourth-order valence-corrected chi connectivity index (χ4v) is 2.06. The smallest absolute Gasteiger partial charge is 0.146 e. The van der Waals surface area contributed by atoms with E-state index in [1.54, 1.807) is 24.3 Å². The molecule has 0 aromatic heterocycles. The SMILES string of the molecule is CCC(N)Cc1c(F)cccc1Oc1ccccc1Cl. The van der Waals surface area contributed by atoms with E-state index in [2.05, 4.69) is 0 Å². The number of nitrogens with two attached hydrogens (primary N) is 1. The van der Waals surface area contributed by atoms with Gasteiger partial charge in [-0.05, 0) is 37.1 Å². The summed E-state index contributed by atoms with van der Waals surface area (Å²) in [6.45, 7) is 1.97. The highest BCUT2D eigenvalue weighted by Gasteiger charge is 2.14. The molecule has 0 heterocycles. The molecule has 2 aromatic carbocycles. The van der Waals surface area contributed by atoms with Gasteiger partial charge in [0.25, 0.3) is 0 Å². The Balaban J connectivity index is 2.32. The van der Waals surface area contributed by atoms with Crippen LogP contribution >= 0.6 is 11.6 Å². The van der Waals surface area contributed by atoms with Crippen molar-refractivity contribution in [1.82, 2.24) is 0 Å². The average molecular weight is 294 g/mol. The predicted octanol–water partition coefficient (Wildman–Crippen LogP) is 4.55. The summed E-state index contributed by atoms with van der Waals surface area (Å²) >= 11 is 6.06. The van der Waals surface area contributed by atoms with Crippen molar-refractivity contribution in [2.45, 2.75) is 25.8 Å². The Morgan fingerprint density at radius 2 is 1.85 bits per heavy atom. The zero-order chi connectivity index (χ0) is 14.5. The van der Waals surface area contributed by atoms with Crippen LogP contribution in [0.3, 0.4) is 0 Å². The first-order valence-electron chi connectivity index (χ1n) is 6.57. The summed E-state index contributed by atoms with van der Waals surface area (Å²) in [5, 5.41) is 0.488. The molecule has 0 aliphatic heterocycles. The Hall–Kier alpha value is -1.58. The van der Waals surface area contributed by atoms with Crippen LogP contribution in [-0.4, -0.2) is 6.04 Å². The van der Waals surface area contributed by atoms with Crippen LogP contribution in [0.4, 0.5) is 4.39 Å². The topological polar surface area (TPSA) is 35.2 Å². The quantitative estimate of drug-likeness (QED) is 0.877. The lowest BCUT2D eigenvalue weighted by Crippen LogP contribution is -2.22. The summed E-state index contributed by atoms with van der Waals surface area (Å²) < 4.78 is 19.7. The molecule has 0 spiro atoms. The molecule has 4 heteroatoms. The number of halogens is 2. The lowest BCUT2D eigenvalue weighted by molar-refractivity contribution is 0.461. The number of rotatable bonds is 5. The molecule has 0 amide bonds. The van der Waals surface area contributed by atoms with Crippen molar-refractivity contribution < 1.29 is 9.13 Å². The molecule has 20 heavy (non-hydrogen) atoms. The van der Waals surface area contributed by atoms with E-state index in [0.717, 1.165) is 6.42 Å². The first-order valence-corrected chi connectivity index (χ1v) is 6.95. The summed E-state index contributed by atoms with van der Waals surface area (Å²) in [4.78, 5) is 0. The minimum absolute atomic E-state index is 0.0968. The van der Waals surface area contributed by atoms with E-state index >= 15 is 0 Å². The first kappa shape index (κ1) is 14.8.